The smallest absolute Gasteiger partial charge is 0.187 e. The number of rotatable bonds is 3. The first-order valence-corrected chi connectivity index (χ1v) is 6.20. The van der Waals surface area contributed by atoms with E-state index in [1.807, 2.05) is 12.1 Å². The molecule has 0 unspecified atom stereocenters. The molecular weight excluding hydrogens is 304 g/mol. The zero-order chi connectivity index (χ0) is 12.4. The minimum absolute atomic E-state index is 0.0326. The molecule has 0 fully saturated rings. The number of carbonyl (C=O) groups excluding carboxylic acids is 1. The fourth-order valence-corrected chi connectivity index (χ4v) is 2.23. The number of aryl methyl sites for hydroxylation is 1. The van der Waals surface area contributed by atoms with Gasteiger partial charge in [0, 0.05) is 29.2 Å². The monoisotopic (exact) mass is 312 g/mol. The molecule has 0 amide bonds. The van der Waals surface area contributed by atoms with Crippen molar-refractivity contribution in [3.63, 3.8) is 0 Å². The average Bonchev–Trinajstić information content (AvgIpc) is 2.69. The van der Waals surface area contributed by atoms with E-state index in [9.17, 15) is 4.79 Å². The lowest BCUT2D eigenvalue weighted by Gasteiger charge is -2.02. The molecule has 0 saturated carbocycles. The lowest BCUT2D eigenvalue weighted by Crippen LogP contribution is -2.05. The van der Waals surface area contributed by atoms with Gasteiger partial charge in [-0.1, -0.05) is 33.6 Å². The van der Waals surface area contributed by atoms with E-state index in [1.54, 1.807) is 30.1 Å². The first-order valence-electron chi connectivity index (χ1n) is 5.03. The highest BCUT2D eigenvalue weighted by molar-refractivity contribution is 9.10. The third-order valence-corrected chi connectivity index (χ3v) is 3.21. The predicted molar refractivity (Wildman–Crippen MR) is 70.4 cm³/mol. The molecule has 0 aliphatic carbocycles. The summed E-state index contributed by atoms with van der Waals surface area (Å²) in [6, 6.07) is 7.19. The molecule has 1 aromatic carbocycles. The molecule has 0 bridgehead atoms. The maximum absolute atomic E-state index is 11.9. The lowest BCUT2D eigenvalue weighted by molar-refractivity contribution is 0.0987. The molecule has 0 aliphatic heterocycles. The van der Waals surface area contributed by atoms with E-state index >= 15 is 0 Å². The van der Waals surface area contributed by atoms with Crippen molar-refractivity contribution >= 4 is 33.3 Å². The third kappa shape index (κ3) is 2.96. The summed E-state index contributed by atoms with van der Waals surface area (Å²) >= 11 is 9.38. The summed E-state index contributed by atoms with van der Waals surface area (Å²) in [5, 5.41) is 4.66. The van der Waals surface area contributed by atoms with Crippen LogP contribution >= 0.6 is 27.5 Å². The number of hydrogen-bond acceptors (Lipinski definition) is 2. The molecular formula is C12H10BrClN2O. The molecule has 0 spiro atoms. The van der Waals surface area contributed by atoms with Crippen molar-refractivity contribution in [1.29, 1.82) is 0 Å². The molecule has 88 valence electrons. The quantitative estimate of drug-likeness (QED) is 0.815. The number of Topliss-reactive ketones (excluding diaryl/α,β-unsaturated/α-hetero) is 1. The zero-order valence-corrected chi connectivity index (χ0v) is 11.5. The van der Waals surface area contributed by atoms with Gasteiger partial charge in [0.2, 0.25) is 0 Å². The first-order chi connectivity index (χ1) is 8.06. The van der Waals surface area contributed by atoms with Gasteiger partial charge in [-0.2, -0.15) is 5.10 Å². The lowest BCUT2D eigenvalue weighted by atomic mass is 10.1. The maximum Gasteiger partial charge on any atom is 0.187 e. The van der Waals surface area contributed by atoms with Crippen LogP contribution in [0.15, 0.2) is 34.9 Å². The van der Waals surface area contributed by atoms with Gasteiger partial charge in [-0.3, -0.25) is 9.48 Å². The first kappa shape index (κ1) is 12.3. The van der Waals surface area contributed by atoms with Crippen LogP contribution < -0.4 is 0 Å². The molecule has 1 heterocycles. The van der Waals surface area contributed by atoms with Gasteiger partial charge in [0.1, 0.15) is 5.69 Å². The number of nitrogens with zero attached hydrogens (tertiary/aromatic N) is 2. The van der Waals surface area contributed by atoms with Crippen LogP contribution in [0.4, 0.5) is 0 Å². The molecule has 17 heavy (non-hydrogen) atoms. The van der Waals surface area contributed by atoms with Gasteiger partial charge in [-0.25, -0.2) is 0 Å². The van der Waals surface area contributed by atoms with E-state index in [4.69, 9.17) is 11.6 Å². The second kappa shape index (κ2) is 5.02. The minimum Gasteiger partial charge on any atom is -0.292 e. The Hall–Kier alpha value is -1.13. The Morgan fingerprint density at radius 3 is 2.82 bits per heavy atom. The van der Waals surface area contributed by atoms with Crippen LogP contribution in [0.2, 0.25) is 5.02 Å². The van der Waals surface area contributed by atoms with Crippen LogP contribution in [0.5, 0.6) is 0 Å². The molecule has 1 aromatic heterocycles. The fraction of sp³-hybridized carbons (Fsp3) is 0.167. The predicted octanol–water partition coefficient (Wildman–Crippen LogP) is 3.26. The zero-order valence-electron chi connectivity index (χ0n) is 9.15. The van der Waals surface area contributed by atoms with Gasteiger partial charge in [-0.15, -0.1) is 0 Å². The summed E-state index contributed by atoms with van der Waals surface area (Å²) in [7, 11) is 1.78. The highest BCUT2D eigenvalue weighted by Gasteiger charge is 2.12. The summed E-state index contributed by atoms with van der Waals surface area (Å²) in [4.78, 5) is 11.9. The van der Waals surface area contributed by atoms with E-state index in [2.05, 4.69) is 21.0 Å². The van der Waals surface area contributed by atoms with E-state index in [1.165, 1.54) is 0 Å². The molecule has 0 atom stereocenters. The van der Waals surface area contributed by atoms with Gasteiger partial charge in [0.15, 0.2) is 5.78 Å². The number of carbonyl (C=O) groups is 1. The summed E-state index contributed by atoms with van der Waals surface area (Å²) < 4.78 is 2.51. The Balaban J connectivity index is 2.18. The second-order valence-corrected chi connectivity index (χ2v) is 5.03. The molecule has 5 heteroatoms. The van der Waals surface area contributed by atoms with Crippen LogP contribution in [-0.2, 0) is 13.5 Å². The van der Waals surface area contributed by atoms with Crippen molar-refractivity contribution in [2.75, 3.05) is 0 Å². The molecule has 0 radical (unpaired) electrons. The van der Waals surface area contributed by atoms with Gasteiger partial charge < -0.3 is 0 Å². The van der Waals surface area contributed by atoms with Crippen LogP contribution in [0, 0.1) is 0 Å². The standard InChI is InChI=1S/C12H10BrClN2O/c1-16-5-4-11(15-16)12(17)6-8-2-3-9(13)7-10(8)14/h2-5,7H,6H2,1H3. The van der Waals surface area contributed by atoms with Crippen molar-refractivity contribution < 1.29 is 4.79 Å². The van der Waals surface area contributed by atoms with E-state index in [0.29, 0.717) is 10.7 Å². The van der Waals surface area contributed by atoms with Crippen molar-refractivity contribution in [3.05, 3.63) is 51.2 Å². The summed E-state index contributed by atoms with van der Waals surface area (Å²) in [6.45, 7) is 0. The van der Waals surface area contributed by atoms with Crippen molar-refractivity contribution in [1.82, 2.24) is 9.78 Å². The number of benzene rings is 1. The average molecular weight is 314 g/mol. The molecule has 2 rings (SSSR count). The number of halogens is 2. The normalized spacial score (nSPS) is 10.5. The van der Waals surface area contributed by atoms with Crippen LogP contribution in [0.25, 0.3) is 0 Å². The largest absolute Gasteiger partial charge is 0.292 e. The minimum atomic E-state index is -0.0326. The number of ketones is 1. The van der Waals surface area contributed by atoms with Gasteiger partial charge in [0.25, 0.3) is 0 Å². The highest BCUT2D eigenvalue weighted by atomic mass is 79.9. The van der Waals surface area contributed by atoms with Crippen LogP contribution in [0.1, 0.15) is 16.1 Å². The molecule has 2 aromatic rings. The van der Waals surface area contributed by atoms with E-state index < -0.39 is 0 Å². The van der Waals surface area contributed by atoms with Crippen LogP contribution in [0.3, 0.4) is 0 Å². The summed E-state index contributed by atoms with van der Waals surface area (Å²) in [5.41, 5.74) is 1.28. The fourth-order valence-electron chi connectivity index (χ4n) is 1.49. The highest BCUT2D eigenvalue weighted by Crippen LogP contribution is 2.22. The molecule has 3 nitrogen and oxygen atoms in total. The van der Waals surface area contributed by atoms with E-state index in [-0.39, 0.29) is 12.2 Å². The maximum atomic E-state index is 11.9. The Bertz CT molecular complexity index is 565. The number of aromatic nitrogens is 2. The summed E-state index contributed by atoms with van der Waals surface area (Å²) in [5.74, 6) is -0.0326. The summed E-state index contributed by atoms with van der Waals surface area (Å²) in [6.07, 6.45) is 2.01. The van der Waals surface area contributed by atoms with Crippen molar-refractivity contribution in [2.24, 2.45) is 7.05 Å². The van der Waals surface area contributed by atoms with Gasteiger partial charge in [-0.05, 0) is 23.8 Å². The van der Waals surface area contributed by atoms with Gasteiger partial charge in [0.05, 0.1) is 0 Å². The Morgan fingerprint density at radius 2 is 2.24 bits per heavy atom. The molecule has 0 saturated heterocycles. The van der Waals surface area contributed by atoms with Crippen molar-refractivity contribution in [3.8, 4) is 0 Å². The molecule has 0 N–H and O–H groups in total. The Morgan fingerprint density at radius 1 is 1.47 bits per heavy atom. The Labute approximate surface area is 113 Å². The number of hydrogen-bond donors (Lipinski definition) is 0. The third-order valence-electron chi connectivity index (χ3n) is 2.37. The van der Waals surface area contributed by atoms with Crippen molar-refractivity contribution in [2.45, 2.75) is 6.42 Å². The van der Waals surface area contributed by atoms with Crippen LogP contribution in [-0.4, -0.2) is 15.6 Å². The topological polar surface area (TPSA) is 34.9 Å². The second-order valence-electron chi connectivity index (χ2n) is 3.71. The van der Waals surface area contributed by atoms with E-state index in [0.717, 1.165) is 10.0 Å². The Kier molecular flexibility index (Phi) is 3.64. The van der Waals surface area contributed by atoms with Gasteiger partial charge >= 0.3 is 0 Å². The molecule has 0 aliphatic rings. The SMILES string of the molecule is Cn1ccc(C(=O)Cc2ccc(Br)cc2Cl)n1.